The Morgan fingerprint density at radius 1 is 0.833 bits per heavy atom. The molecule has 180 valence electrons. The highest BCUT2D eigenvalue weighted by molar-refractivity contribution is 6.31. The Balaban J connectivity index is 1.51. The number of benzene rings is 4. The number of ether oxygens (including phenoxy) is 2. The van der Waals surface area contributed by atoms with Crippen LogP contribution in [0.2, 0.25) is 5.02 Å². The molecular weight excluding hydrogens is 472 g/mol. The smallest absolute Gasteiger partial charge is 0.261 e. The van der Waals surface area contributed by atoms with Gasteiger partial charge in [-0.2, -0.15) is 0 Å². The van der Waals surface area contributed by atoms with Crippen molar-refractivity contribution < 1.29 is 9.47 Å². The number of halogens is 1. The fourth-order valence-electron chi connectivity index (χ4n) is 4.12. The van der Waals surface area contributed by atoms with E-state index in [1.807, 2.05) is 78.9 Å². The van der Waals surface area contributed by atoms with Crippen molar-refractivity contribution in [3.8, 4) is 22.9 Å². The normalized spacial score (nSPS) is 10.9. The molecule has 0 aliphatic rings. The first-order valence-electron chi connectivity index (χ1n) is 11.7. The zero-order valence-corrected chi connectivity index (χ0v) is 20.6. The summed E-state index contributed by atoms with van der Waals surface area (Å²) in [6.07, 6.45) is 0.662. The molecule has 36 heavy (non-hydrogen) atoms. The summed E-state index contributed by atoms with van der Waals surface area (Å²) in [6, 6.07) is 30.8. The zero-order chi connectivity index (χ0) is 24.9. The van der Waals surface area contributed by atoms with Crippen molar-refractivity contribution in [1.82, 2.24) is 9.55 Å². The maximum Gasteiger partial charge on any atom is 0.261 e. The van der Waals surface area contributed by atoms with E-state index in [2.05, 4.69) is 0 Å². The van der Waals surface area contributed by atoms with E-state index in [1.165, 1.54) is 0 Å². The van der Waals surface area contributed by atoms with E-state index >= 15 is 0 Å². The van der Waals surface area contributed by atoms with Crippen molar-refractivity contribution in [1.29, 1.82) is 0 Å². The first-order chi connectivity index (χ1) is 17.6. The van der Waals surface area contributed by atoms with Gasteiger partial charge in [0, 0.05) is 17.1 Å². The van der Waals surface area contributed by atoms with E-state index in [4.69, 9.17) is 26.1 Å². The second kappa shape index (κ2) is 10.7. The number of hydrogen-bond acceptors (Lipinski definition) is 4. The van der Waals surface area contributed by atoms with Crippen molar-refractivity contribution in [3.63, 3.8) is 0 Å². The van der Waals surface area contributed by atoms with Crippen LogP contribution >= 0.6 is 11.6 Å². The van der Waals surface area contributed by atoms with Crippen LogP contribution in [0, 0.1) is 0 Å². The minimum absolute atomic E-state index is 0.124. The molecule has 6 heteroatoms. The van der Waals surface area contributed by atoms with Crippen LogP contribution in [0.5, 0.6) is 11.5 Å². The predicted octanol–water partition coefficient (Wildman–Crippen LogP) is 6.55. The standard InChI is InChI=1S/C30H25ClN2O3/c1-35-25-13-10-21(11-14-25)16-17-33-29(32-28-15-12-24(31)19-27(28)30(33)34)23-8-5-9-26(18-23)36-20-22-6-3-2-4-7-22/h2-15,18-19H,16-17,20H2,1H3. The Labute approximate surface area is 214 Å². The summed E-state index contributed by atoms with van der Waals surface area (Å²) < 4.78 is 13.0. The first-order valence-corrected chi connectivity index (χ1v) is 12.1. The van der Waals surface area contributed by atoms with Crippen LogP contribution in [0.25, 0.3) is 22.3 Å². The third-order valence-electron chi connectivity index (χ3n) is 6.04. The van der Waals surface area contributed by atoms with Gasteiger partial charge >= 0.3 is 0 Å². The van der Waals surface area contributed by atoms with E-state index in [0.29, 0.717) is 47.1 Å². The lowest BCUT2D eigenvalue weighted by atomic mass is 10.1. The Morgan fingerprint density at radius 3 is 2.42 bits per heavy atom. The lowest BCUT2D eigenvalue weighted by Gasteiger charge is -2.15. The van der Waals surface area contributed by atoms with Gasteiger partial charge in [0.1, 0.15) is 23.9 Å². The highest BCUT2D eigenvalue weighted by Gasteiger charge is 2.14. The van der Waals surface area contributed by atoms with Gasteiger partial charge < -0.3 is 9.47 Å². The third-order valence-corrected chi connectivity index (χ3v) is 6.27. The highest BCUT2D eigenvalue weighted by atomic mass is 35.5. The molecule has 0 unspecified atom stereocenters. The average molecular weight is 497 g/mol. The molecular formula is C30H25ClN2O3. The van der Waals surface area contributed by atoms with Gasteiger partial charge in [0.2, 0.25) is 0 Å². The van der Waals surface area contributed by atoms with Crippen LogP contribution in [0.15, 0.2) is 102 Å². The summed E-state index contributed by atoms with van der Waals surface area (Å²) in [6.45, 7) is 0.920. The molecule has 5 rings (SSSR count). The number of nitrogens with zero attached hydrogens (tertiary/aromatic N) is 2. The van der Waals surface area contributed by atoms with Gasteiger partial charge in [-0.05, 0) is 60.0 Å². The summed E-state index contributed by atoms with van der Waals surface area (Å²) in [4.78, 5) is 18.5. The number of hydrogen-bond donors (Lipinski definition) is 0. The predicted molar refractivity (Wildman–Crippen MR) is 144 cm³/mol. The van der Waals surface area contributed by atoms with Gasteiger partial charge in [0.15, 0.2) is 0 Å². The maximum absolute atomic E-state index is 13.6. The molecule has 1 aromatic heterocycles. The largest absolute Gasteiger partial charge is 0.497 e. The topological polar surface area (TPSA) is 53.4 Å². The molecule has 0 aliphatic heterocycles. The van der Waals surface area contributed by atoms with Crippen LogP contribution in [-0.2, 0) is 19.6 Å². The van der Waals surface area contributed by atoms with Crippen molar-refractivity contribution >= 4 is 22.5 Å². The minimum Gasteiger partial charge on any atom is -0.497 e. The van der Waals surface area contributed by atoms with Crippen LogP contribution in [0.3, 0.4) is 0 Å². The number of rotatable bonds is 8. The highest BCUT2D eigenvalue weighted by Crippen LogP contribution is 2.25. The summed E-state index contributed by atoms with van der Waals surface area (Å²) in [7, 11) is 1.64. The van der Waals surface area contributed by atoms with Gasteiger partial charge in [0.25, 0.3) is 5.56 Å². The maximum atomic E-state index is 13.6. The molecule has 0 atom stereocenters. The fraction of sp³-hybridized carbons (Fsp3) is 0.133. The molecule has 0 N–H and O–H groups in total. The molecule has 5 aromatic rings. The van der Waals surface area contributed by atoms with Gasteiger partial charge in [-0.3, -0.25) is 9.36 Å². The molecule has 0 spiro atoms. The molecule has 0 saturated heterocycles. The quantitative estimate of drug-likeness (QED) is 0.244. The third kappa shape index (κ3) is 5.26. The fourth-order valence-corrected chi connectivity index (χ4v) is 4.29. The molecule has 0 radical (unpaired) electrons. The van der Waals surface area contributed by atoms with E-state index in [9.17, 15) is 4.79 Å². The van der Waals surface area contributed by atoms with Gasteiger partial charge in [-0.15, -0.1) is 0 Å². The minimum atomic E-state index is -0.124. The van der Waals surface area contributed by atoms with Gasteiger partial charge in [-0.25, -0.2) is 4.98 Å². The second-order valence-corrected chi connectivity index (χ2v) is 8.89. The zero-order valence-electron chi connectivity index (χ0n) is 19.9. The SMILES string of the molecule is COc1ccc(CCn2c(-c3cccc(OCc4ccccc4)c3)nc3ccc(Cl)cc3c2=O)cc1. The van der Waals surface area contributed by atoms with Crippen molar-refractivity contribution in [2.75, 3.05) is 7.11 Å². The molecule has 0 aliphatic carbocycles. The van der Waals surface area contributed by atoms with Gasteiger partial charge in [0.05, 0.1) is 18.0 Å². The Bertz CT molecular complexity index is 1550. The number of fused-ring (bicyclic) bond motifs is 1. The number of aromatic nitrogens is 2. The molecule has 1 heterocycles. The first kappa shape index (κ1) is 23.6. The second-order valence-electron chi connectivity index (χ2n) is 8.45. The number of methoxy groups -OCH3 is 1. The number of aryl methyl sites for hydroxylation is 1. The summed E-state index contributed by atoms with van der Waals surface area (Å²) in [5.41, 5.74) is 3.47. The summed E-state index contributed by atoms with van der Waals surface area (Å²) in [5, 5.41) is 1.00. The van der Waals surface area contributed by atoms with Crippen LogP contribution < -0.4 is 15.0 Å². The monoisotopic (exact) mass is 496 g/mol. The van der Waals surface area contributed by atoms with Crippen LogP contribution in [0.1, 0.15) is 11.1 Å². The Kier molecular flexibility index (Phi) is 7.01. The summed E-state index contributed by atoms with van der Waals surface area (Å²) in [5.74, 6) is 2.10. The molecule has 0 bridgehead atoms. The lowest BCUT2D eigenvalue weighted by molar-refractivity contribution is 0.306. The molecule has 0 amide bonds. The Morgan fingerprint density at radius 2 is 1.64 bits per heavy atom. The summed E-state index contributed by atoms with van der Waals surface area (Å²) >= 11 is 6.20. The lowest BCUT2D eigenvalue weighted by Crippen LogP contribution is -2.24. The van der Waals surface area contributed by atoms with Crippen molar-refractivity contribution in [2.45, 2.75) is 19.6 Å². The van der Waals surface area contributed by atoms with Crippen molar-refractivity contribution in [3.05, 3.63) is 124 Å². The Hall–Kier alpha value is -4.09. The van der Waals surface area contributed by atoms with Gasteiger partial charge in [-0.1, -0.05) is 66.2 Å². The average Bonchev–Trinajstić information content (AvgIpc) is 2.92. The van der Waals surface area contributed by atoms with Crippen LogP contribution in [-0.4, -0.2) is 16.7 Å². The van der Waals surface area contributed by atoms with E-state index in [-0.39, 0.29) is 5.56 Å². The molecule has 0 fully saturated rings. The van der Waals surface area contributed by atoms with E-state index < -0.39 is 0 Å². The van der Waals surface area contributed by atoms with Crippen LogP contribution in [0.4, 0.5) is 0 Å². The van der Waals surface area contributed by atoms with Crippen molar-refractivity contribution in [2.24, 2.45) is 0 Å². The molecule has 0 saturated carbocycles. The molecule has 5 nitrogen and oxygen atoms in total. The molecule has 4 aromatic carbocycles. The van der Waals surface area contributed by atoms with E-state index in [0.717, 1.165) is 22.4 Å². The van der Waals surface area contributed by atoms with E-state index in [1.54, 1.807) is 29.9 Å².